The maximum atomic E-state index is 12.3. The number of hydrogen-bond acceptors (Lipinski definition) is 2. The van der Waals surface area contributed by atoms with Gasteiger partial charge in [-0.25, -0.2) is 0 Å². The average molecular weight is 299 g/mol. The summed E-state index contributed by atoms with van der Waals surface area (Å²) in [7, 11) is 2.25. The molecule has 1 aromatic carbocycles. The highest BCUT2D eigenvalue weighted by Gasteiger charge is 2.29. The molecule has 1 fully saturated rings. The van der Waals surface area contributed by atoms with E-state index in [-0.39, 0.29) is 5.91 Å². The van der Waals surface area contributed by atoms with Crippen LogP contribution in [0.15, 0.2) is 53.1 Å². The Labute approximate surface area is 131 Å². The Morgan fingerprint density at radius 2 is 1.91 bits per heavy atom. The first-order chi connectivity index (χ1) is 10.7. The van der Waals surface area contributed by atoms with E-state index >= 15 is 0 Å². The fourth-order valence-electron chi connectivity index (χ4n) is 3.19. The lowest BCUT2D eigenvalue weighted by atomic mass is 10.0. The molecule has 1 N–H and O–H groups in total. The lowest BCUT2D eigenvalue weighted by Gasteiger charge is -2.34. The Kier molecular flexibility index (Phi) is 4.59. The third kappa shape index (κ3) is 3.39. The summed E-state index contributed by atoms with van der Waals surface area (Å²) in [6, 6.07) is 14.7. The van der Waals surface area contributed by atoms with Crippen LogP contribution in [0.1, 0.15) is 29.0 Å². The minimum atomic E-state index is 0.0177. The molecule has 1 amide bonds. The zero-order valence-corrected chi connectivity index (χ0v) is 13.0. The van der Waals surface area contributed by atoms with Crippen molar-refractivity contribution < 1.29 is 14.1 Å². The molecule has 1 unspecified atom stereocenters. The molecule has 0 saturated carbocycles. The zero-order chi connectivity index (χ0) is 15.4. The fourth-order valence-corrected chi connectivity index (χ4v) is 3.19. The Balaban J connectivity index is 1.52. The van der Waals surface area contributed by atoms with Crippen molar-refractivity contribution in [1.82, 2.24) is 4.90 Å². The van der Waals surface area contributed by atoms with E-state index < -0.39 is 0 Å². The van der Waals surface area contributed by atoms with E-state index in [4.69, 9.17) is 4.42 Å². The number of likely N-dealkylation sites (tertiary alicyclic amines) is 1. The van der Waals surface area contributed by atoms with Gasteiger partial charge in [0.05, 0.1) is 19.4 Å². The van der Waals surface area contributed by atoms with Crippen molar-refractivity contribution in [2.75, 3.05) is 20.1 Å². The van der Waals surface area contributed by atoms with E-state index in [1.54, 1.807) is 18.4 Å². The molecule has 1 aliphatic rings. The molecule has 1 aromatic heterocycles. The molecule has 4 nitrogen and oxygen atoms in total. The smallest absolute Gasteiger partial charge is 0.289 e. The number of hydrogen-bond donors (Lipinski definition) is 1. The van der Waals surface area contributed by atoms with Crippen molar-refractivity contribution in [3.05, 3.63) is 60.1 Å². The van der Waals surface area contributed by atoms with Gasteiger partial charge in [0.25, 0.3) is 5.91 Å². The molecule has 22 heavy (non-hydrogen) atoms. The first kappa shape index (κ1) is 14.9. The summed E-state index contributed by atoms with van der Waals surface area (Å²) < 4.78 is 5.21. The van der Waals surface area contributed by atoms with Gasteiger partial charge in [0.2, 0.25) is 0 Å². The molecule has 2 heterocycles. The van der Waals surface area contributed by atoms with Crippen molar-refractivity contribution in [2.24, 2.45) is 0 Å². The Hall–Kier alpha value is -2.07. The van der Waals surface area contributed by atoms with Crippen molar-refractivity contribution in [3.63, 3.8) is 0 Å². The molecular formula is C18H23N2O2+. The van der Waals surface area contributed by atoms with Gasteiger partial charge in [0, 0.05) is 31.5 Å². The molecule has 2 aromatic rings. The third-order valence-electron chi connectivity index (χ3n) is 4.54. The van der Waals surface area contributed by atoms with Crippen LogP contribution in [0.3, 0.4) is 0 Å². The van der Waals surface area contributed by atoms with Gasteiger partial charge in [0.1, 0.15) is 6.54 Å². The van der Waals surface area contributed by atoms with Crippen molar-refractivity contribution in [1.29, 1.82) is 0 Å². The first-order valence-corrected chi connectivity index (χ1v) is 7.93. The monoisotopic (exact) mass is 299 g/mol. The number of piperidine rings is 1. The largest absolute Gasteiger partial charge is 0.459 e. The number of nitrogens with zero attached hydrogens (tertiary/aromatic N) is 1. The normalized spacial score (nSPS) is 17.4. The lowest BCUT2D eigenvalue weighted by molar-refractivity contribution is -0.920. The van der Waals surface area contributed by atoms with Crippen LogP contribution in [-0.4, -0.2) is 37.0 Å². The topological polar surface area (TPSA) is 37.9 Å². The van der Waals surface area contributed by atoms with Gasteiger partial charge in [-0.05, 0) is 12.1 Å². The van der Waals surface area contributed by atoms with E-state index in [0.29, 0.717) is 11.8 Å². The zero-order valence-electron chi connectivity index (χ0n) is 13.0. The summed E-state index contributed by atoms with van der Waals surface area (Å²) in [5.74, 6) is 0.465. The van der Waals surface area contributed by atoms with Gasteiger partial charge in [0.15, 0.2) is 5.76 Å². The number of nitrogens with one attached hydrogen (secondary N) is 1. The summed E-state index contributed by atoms with van der Waals surface area (Å²) in [5.41, 5.74) is 1.37. The number of quaternary nitrogens is 1. The predicted molar refractivity (Wildman–Crippen MR) is 84.7 cm³/mol. The van der Waals surface area contributed by atoms with Gasteiger partial charge in [-0.1, -0.05) is 30.3 Å². The number of benzene rings is 1. The second kappa shape index (κ2) is 6.79. The van der Waals surface area contributed by atoms with Gasteiger partial charge < -0.3 is 14.2 Å². The molecule has 0 bridgehead atoms. The molecular weight excluding hydrogens is 276 g/mol. The molecule has 0 radical (unpaired) electrons. The van der Waals surface area contributed by atoms with E-state index in [1.165, 1.54) is 10.5 Å². The van der Waals surface area contributed by atoms with Gasteiger partial charge >= 0.3 is 0 Å². The standard InChI is InChI=1S/C18H22N2O2/c1-19(14-15-6-3-2-4-7-15)16-9-11-20(12-10-16)18(21)17-8-5-13-22-17/h2-8,13,16H,9-12,14H2,1H3/p+1. The average Bonchev–Trinajstić information content (AvgIpc) is 3.10. The maximum absolute atomic E-state index is 12.3. The second-order valence-corrected chi connectivity index (χ2v) is 6.05. The number of carbonyl (C=O) groups excluding carboxylic acids is 1. The van der Waals surface area contributed by atoms with Crippen molar-refractivity contribution in [3.8, 4) is 0 Å². The summed E-state index contributed by atoms with van der Waals surface area (Å²) in [4.78, 5) is 15.7. The Bertz CT molecular complexity index is 587. The van der Waals surface area contributed by atoms with Gasteiger partial charge in [-0.2, -0.15) is 0 Å². The predicted octanol–water partition coefficient (Wildman–Crippen LogP) is 1.60. The van der Waals surface area contributed by atoms with Crippen LogP contribution in [0.4, 0.5) is 0 Å². The van der Waals surface area contributed by atoms with E-state index in [2.05, 4.69) is 37.4 Å². The van der Waals surface area contributed by atoms with Crippen LogP contribution in [0.2, 0.25) is 0 Å². The molecule has 0 aliphatic carbocycles. The molecule has 1 atom stereocenters. The molecule has 4 heteroatoms. The quantitative estimate of drug-likeness (QED) is 0.931. The van der Waals surface area contributed by atoms with Gasteiger partial charge in [-0.3, -0.25) is 4.79 Å². The Morgan fingerprint density at radius 3 is 2.55 bits per heavy atom. The fraction of sp³-hybridized carbons (Fsp3) is 0.389. The molecule has 1 aliphatic heterocycles. The third-order valence-corrected chi connectivity index (χ3v) is 4.54. The van der Waals surface area contributed by atoms with E-state index in [0.717, 1.165) is 32.5 Å². The molecule has 3 rings (SSSR count). The lowest BCUT2D eigenvalue weighted by Crippen LogP contribution is -3.12. The highest BCUT2D eigenvalue weighted by atomic mass is 16.3. The minimum absolute atomic E-state index is 0.0177. The molecule has 1 saturated heterocycles. The minimum Gasteiger partial charge on any atom is -0.459 e. The second-order valence-electron chi connectivity index (χ2n) is 6.05. The molecule has 116 valence electrons. The summed E-state index contributed by atoms with van der Waals surface area (Å²) >= 11 is 0. The van der Waals surface area contributed by atoms with Crippen LogP contribution < -0.4 is 4.90 Å². The number of rotatable bonds is 4. The number of furan rings is 1. The van der Waals surface area contributed by atoms with Crippen LogP contribution in [0.25, 0.3) is 0 Å². The van der Waals surface area contributed by atoms with Crippen LogP contribution in [0.5, 0.6) is 0 Å². The van der Waals surface area contributed by atoms with Crippen molar-refractivity contribution >= 4 is 5.91 Å². The maximum Gasteiger partial charge on any atom is 0.289 e. The van der Waals surface area contributed by atoms with Crippen molar-refractivity contribution in [2.45, 2.75) is 25.4 Å². The molecule has 0 spiro atoms. The van der Waals surface area contributed by atoms with E-state index in [1.807, 2.05) is 4.90 Å². The van der Waals surface area contributed by atoms with Crippen LogP contribution >= 0.6 is 0 Å². The first-order valence-electron chi connectivity index (χ1n) is 7.93. The summed E-state index contributed by atoms with van der Waals surface area (Å²) in [6.45, 7) is 2.67. The highest BCUT2D eigenvalue weighted by Crippen LogP contribution is 2.13. The highest BCUT2D eigenvalue weighted by molar-refractivity contribution is 5.91. The summed E-state index contributed by atoms with van der Waals surface area (Å²) in [5, 5.41) is 0. The SMILES string of the molecule is C[NH+](Cc1ccccc1)C1CCN(C(=O)c2ccco2)CC1. The van der Waals surface area contributed by atoms with E-state index in [9.17, 15) is 4.79 Å². The Morgan fingerprint density at radius 1 is 1.18 bits per heavy atom. The van der Waals surface area contributed by atoms with Crippen LogP contribution in [0, 0.1) is 0 Å². The van der Waals surface area contributed by atoms with Gasteiger partial charge in [-0.15, -0.1) is 0 Å². The number of amides is 1. The number of carbonyl (C=O) groups is 1. The van der Waals surface area contributed by atoms with Crippen LogP contribution in [-0.2, 0) is 6.54 Å². The summed E-state index contributed by atoms with van der Waals surface area (Å²) in [6.07, 6.45) is 3.65.